The maximum absolute atomic E-state index is 4.93. The van der Waals surface area contributed by atoms with Crippen molar-refractivity contribution in [1.82, 2.24) is 29.8 Å². The average Bonchev–Trinajstić information content (AvgIpc) is 3.35. The van der Waals surface area contributed by atoms with Crippen LogP contribution in [0.4, 0.5) is 0 Å². The minimum absolute atomic E-state index is 0. The van der Waals surface area contributed by atoms with Gasteiger partial charge in [0.2, 0.25) is 0 Å². The van der Waals surface area contributed by atoms with Gasteiger partial charge in [-0.25, -0.2) is 4.99 Å². The van der Waals surface area contributed by atoms with Gasteiger partial charge in [0, 0.05) is 51.3 Å². The van der Waals surface area contributed by atoms with Gasteiger partial charge in [0.25, 0.3) is 0 Å². The molecule has 1 N–H and O–H groups in total. The van der Waals surface area contributed by atoms with E-state index in [1.807, 2.05) is 34.9 Å². The Hall–Kier alpha value is -2.36. The third-order valence-electron chi connectivity index (χ3n) is 5.00. The molecule has 0 aliphatic carbocycles. The van der Waals surface area contributed by atoms with Gasteiger partial charge >= 0.3 is 0 Å². The molecule has 1 aromatic carbocycles. The molecule has 0 unspecified atom stereocenters. The number of hydrogen-bond acceptors (Lipinski definition) is 3. The summed E-state index contributed by atoms with van der Waals surface area (Å²) in [4.78, 5) is 7.09. The maximum atomic E-state index is 4.93. The van der Waals surface area contributed by atoms with Gasteiger partial charge in [-0.1, -0.05) is 38.1 Å². The molecule has 2 heterocycles. The lowest BCUT2D eigenvalue weighted by Gasteiger charge is -2.22. The van der Waals surface area contributed by atoms with Gasteiger partial charge < -0.3 is 10.2 Å². The SMILES string of the molecule is CCNC(=NCc1ccccc1Cn1cccn1)N(C)Cc1cn(C)nc1C(C)C.I. The summed E-state index contributed by atoms with van der Waals surface area (Å²) < 4.78 is 3.84. The summed E-state index contributed by atoms with van der Waals surface area (Å²) in [6.45, 7) is 9.42. The number of guanidine groups is 1. The number of aliphatic imine (C=N–C) groups is 1. The Labute approximate surface area is 202 Å². The first kappa shape index (κ1) is 24.9. The van der Waals surface area contributed by atoms with Crippen LogP contribution in [-0.4, -0.2) is 44.0 Å². The lowest BCUT2D eigenvalue weighted by Crippen LogP contribution is -2.38. The third kappa shape index (κ3) is 6.81. The molecule has 0 saturated carbocycles. The molecule has 8 heteroatoms. The van der Waals surface area contributed by atoms with E-state index in [1.165, 1.54) is 16.7 Å². The zero-order valence-electron chi connectivity index (χ0n) is 19.1. The first-order valence-corrected chi connectivity index (χ1v) is 10.5. The van der Waals surface area contributed by atoms with Crippen molar-refractivity contribution in [3.8, 4) is 0 Å². The minimum Gasteiger partial charge on any atom is -0.357 e. The lowest BCUT2D eigenvalue weighted by molar-refractivity contribution is 0.473. The minimum atomic E-state index is 0. The van der Waals surface area contributed by atoms with E-state index < -0.39 is 0 Å². The van der Waals surface area contributed by atoms with Crippen LogP contribution in [0.1, 0.15) is 49.1 Å². The van der Waals surface area contributed by atoms with Crippen molar-refractivity contribution < 1.29 is 0 Å². The first-order chi connectivity index (χ1) is 14.5. The van der Waals surface area contributed by atoms with E-state index in [2.05, 4.69) is 78.7 Å². The van der Waals surface area contributed by atoms with Gasteiger partial charge in [-0.3, -0.25) is 9.36 Å². The quantitative estimate of drug-likeness (QED) is 0.269. The monoisotopic (exact) mass is 535 g/mol. The lowest BCUT2D eigenvalue weighted by atomic mass is 10.1. The molecule has 0 aliphatic rings. The molecule has 2 aromatic heterocycles. The van der Waals surface area contributed by atoms with Crippen LogP contribution in [0.5, 0.6) is 0 Å². The number of aromatic nitrogens is 4. The number of halogens is 1. The predicted octanol–water partition coefficient (Wildman–Crippen LogP) is 4.00. The van der Waals surface area contributed by atoms with Crippen molar-refractivity contribution in [3.05, 3.63) is 71.3 Å². The van der Waals surface area contributed by atoms with E-state index in [0.717, 1.165) is 31.3 Å². The summed E-state index contributed by atoms with van der Waals surface area (Å²) >= 11 is 0. The molecule has 3 rings (SSSR count). The second-order valence-electron chi connectivity index (χ2n) is 7.87. The third-order valence-corrected chi connectivity index (χ3v) is 5.00. The Bertz CT molecular complexity index is 960. The van der Waals surface area contributed by atoms with Crippen LogP contribution in [0.3, 0.4) is 0 Å². The summed E-state index contributed by atoms with van der Waals surface area (Å²) in [5.74, 6) is 1.29. The van der Waals surface area contributed by atoms with E-state index in [1.54, 1.807) is 0 Å². The highest BCUT2D eigenvalue weighted by atomic mass is 127. The second-order valence-corrected chi connectivity index (χ2v) is 7.87. The number of benzene rings is 1. The van der Waals surface area contributed by atoms with Crippen LogP contribution in [0.15, 0.2) is 53.9 Å². The summed E-state index contributed by atoms with van der Waals surface area (Å²) in [5.41, 5.74) is 4.82. The molecule has 0 saturated heterocycles. The van der Waals surface area contributed by atoms with Crippen LogP contribution < -0.4 is 5.32 Å². The van der Waals surface area contributed by atoms with Crippen LogP contribution >= 0.6 is 24.0 Å². The van der Waals surface area contributed by atoms with E-state index in [9.17, 15) is 0 Å². The molecule has 31 heavy (non-hydrogen) atoms. The molecule has 0 fully saturated rings. The Balaban J connectivity index is 0.00000341. The van der Waals surface area contributed by atoms with Crippen LogP contribution in [-0.2, 0) is 26.7 Å². The smallest absolute Gasteiger partial charge is 0.194 e. The molecule has 0 bridgehead atoms. The fourth-order valence-electron chi connectivity index (χ4n) is 3.56. The zero-order chi connectivity index (χ0) is 21.5. The van der Waals surface area contributed by atoms with E-state index in [0.29, 0.717) is 12.5 Å². The number of rotatable bonds is 8. The summed E-state index contributed by atoms with van der Waals surface area (Å²) in [7, 11) is 4.06. The van der Waals surface area contributed by atoms with E-state index >= 15 is 0 Å². The number of nitrogens with one attached hydrogen (secondary N) is 1. The fraction of sp³-hybridized carbons (Fsp3) is 0.435. The molecule has 0 radical (unpaired) electrons. The van der Waals surface area contributed by atoms with Gasteiger partial charge in [0.1, 0.15) is 0 Å². The Kier molecular flexibility index (Phi) is 9.54. The topological polar surface area (TPSA) is 63.3 Å². The Morgan fingerprint density at radius 3 is 2.55 bits per heavy atom. The van der Waals surface area contributed by atoms with Crippen LogP contribution in [0, 0.1) is 0 Å². The van der Waals surface area contributed by atoms with E-state index in [4.69, 9.17) is 4.99 Å². The van der Waals surface area contributed by atoms with Crippen molar-refractivity contribution in [1.29, 1.82) is 0 Å². The second kappa shape index (κ2) is 11.9. The van der Waals surface area contributed by atoms with Gasteiger partial charge in [-0.2, -0.15) is 10.2 Å². The van der Waals surface area contributed by atoms with Crippen LogP contribution in [0.25, 0.3) is 0 Å². The number of nitrogens with zero attached hydrogens (tertiary/aromatic N) is 6. The fourth-order valence-corrected chi connectivity index (χ4v) is 3.56. The normalized spacial score (nSPS) is 11.5. The Morgan fingerprint density at radius 2 is 1.90 bits per heavy atom. The molecular formula is C23H34IN7. The standard InChI is InChI=1S/C23H33N7.HI/c1-6-24-23(28(4)15-21-16-29(5)27-22(21)18(2)3)25-14-19-10-7-8-11-20(19)17-30-13-9-12-26-30;/h7-13,16,18H,6,14-15,17H2,1-5H3,(H,24,25);1H. The molecule has 0 amide bonds. The van der Waals surface area contributed by atoms with Gasteiger partial charge in [0.15, 0.2) is 5.96 Å². The van der Waals surface area contributed by atoms with Gasteiger partial charge in [-0.15, -0.1) is 24.0 Å². The highest BCUT2D eigenvalue weighted by Crippen LogP contribution is 2.19. The maximum Gasteiger partial charge on any atom is 0.194 e. The highest BCUT2D eigenvalue weighted by Gasteiger charge is 2.15. The molecular weight excluding hydrogens is 501 g/mol. The zero-order valence-corrected chi connectivity index (χ0v) is 21.4. The highest BCUT2D eigenvalue weighted by molar-refractivity contribution is 14.0. The predicted molar refractivity (Wildman–Crippen MR) is 137 cm³/mol. The molecule has 3 aromatic rings. The van der Waals surface area contributed by atoms with Crippen molar-refractivity contribution >= 4 is 29.9 Å². The van der Waals surface area contributed by atoms with Crippen molar-refractivity contribution in [2.45, 2.75) is 46.3 Å². The average molecular weight is 535 g/mol. The first-order valence-electron chi connectivity index (χ1n) is 10.5. The largest absolute Gasteiger partial charge is 0.357 e. The number of aryl methyl sites for hydroxylation is 1. The summed E-state index contributed by atoms with van der Waals surface area (Å²) in [5, 5.41) is 12.4. The molecule has 7 nitrogen and oxygen atoms in total. The number of hydrogen-bond donors (Lipinski definition) is 1. The Morgan fingerprint density at radius 1 is 1.16 bits per heavy atom. The van der Waals surface area contributed by atoms with E-state index in [-0.39, 0.29) is 24.0 Å². The van der Waals surface area contributed by atoms with Crippen molar-refractivity contribution in [2.24, 2.45) is 12.0 Å². The summed E-state index contributed by atoms with van der Waals surface area (Å²) in [6.07, 6.45) is 5.90. The molecule has 0 spiro atoms. The van der Waals surface area contributed by atoms with Crippen LogP contribution in [0.2, 0.25) is 0 Å². The molecule has 0 aliphatic heterocycles. The molecule has 0 atom stereocenters. The van der Waals surface area contributed by atoms with Gasteiger partial charge in [0.05, 0.1) is 18.8 Å². The van der Waals surface area contributed by atoms with Gasteiger partial charge in [-0.05, 0) is 30.0 Å². The summed E-state index contributed by atoms with van der Waals surface area (Å²) in [6, 6.07) is 10.4. The van der Waals surface area contributed by atoms with Crippen molar-refractivity contribution in [2.75, 3.05) is 13.6 Å². The molecule has 168 valence electrons. The van der Waals surface area contributed by atoms with Crippen molar-refractivity contribution in [3.63, 3.8) is 0 Å².